The number of nitrogens with one attached hydrogen (secondary N) is 1. The first kappa shape index (κ1) is 8.58. The zero-order valence-electron chi connectivity index (χ0n) is 7.16. The van der Waals surface area contributed by atoms with Gasteiger partial charge in [-0.3, -0.25) is 9.48 Å². The van der Waals surface area contributed by atoms with Crippen LogP contribution in [0.5, 0.6) is 0 Å². The second-order valence-corrected chi connectivity index (χ2v) is 2.35. The molecule has 0 unspecified atom stereocenters. The summed E-state index contributed by atoms with van der Waals surface area (Å²) >= 11 is 0. The molecule has 0 saturated heterocycles. The van der Waals surface area contributed by atoms with Crippen molar-refractivity contribution in [3.8, 4) is 0 Å². The van der Waals surface area contributed by atoms with E-state index in [9.17, 15) is 4.79 Å². The molecule has 0 fully saturated rings. The number of nitrogens with two attached hydrogens (primary N) is 1. The fourth-order valence-electron chi connectivity index (χ4n) is 0.989. The lowest BCUT2D eigenvalue weighted by Gasteiger charge is -2.00. The van der Waals surface area contributed by atoms with Crippen LogP contribution in [0.3, 0.4) is 0 Å². The number of aryl methyl sites for hydroxylation is 1. The van der Waals surface area contributed by atoms with Crippen LogP contribution in [-0.2, 0) is 6.54 Å². The van der Waals surface area contributed by atoms with Gasteiger partial charge in [-0.2, -0.15) is 5.10 Å². The summed E-state index contributed by atoms with van der Waals surface area (Å²) in [6.07, 6.45) is 0. The van der Waals surface area contributed by atoms with Crippen LogP contribution in [0.25, 0.3) is 0 Å². The molecule has 0 aliphatic carbocycles. The Labute approximate surface area is 70.5 Å². The molecule has 0 atom stereocenters. The van der Waals surface area contributed by atoms with E-state index in [1.165, 1.54) is 0 Å². The Balaban J connectivity index is 3.04. The Kier molecular flexibility index (Phi) is 2.32. The maximum Gasteiger partial charge on any atom is 0.269 e. The van der Waals surface area contributed by atoms with Crippen molar-refractivity contribution in [3.63, 3.8) is 0 Å². The van der Waals surface area contributed by atoms with Crippen molar-refractivity contribution in [2.75, 3.05) is 12.8 Å². The van der Waals surface area contributed by atoms with Gasteiger partial charge in [-0.05, 0) is 6.92 Å². The first-order valence-electron chi connectivity index (χ1n) is 3.74. The molecule has 1 aromatic rings. The number of nitrogen functional groups attached to an aromatic ring is 1. The van der Waals surface area contributed by atoms with Crippen LogP contribution < -0.4 is 11.1 Å². The van der Waals surface area contributed by atoms with Crippen molar-refractivity contribution in [3.05, 3.63) is 11.8 Å². The molecule has 1 amide bonds. The van der Waals surface area contributed by atoms with Gasteiger partial charge in [0.2, 0.25) is 0 Å². The van der Waals surface area contributed by atoms with E-state index in [-0.39, 0.29) is 5.91 Å². The molecule has 3 N–H and O–H groups in total. The van der Waals surface area contributed by atoms with Crippen molar-refractivity contribution < 1.29 is 4.79 Å². The Morgan fingerprint density at radius 2 is 2.50 bits per heavy atom. The first-order valence-corrected chi connectivity index (χ1v) is 3.74. The minimum absolute atomic E-state index is 0.166. The van der Waals surface area contributed by atoms with Crippen LogP contribution in [0.4, 0.5) is 5.82 Å². The van der Waals surface area contributed by atoms with Crippen LogP contribution in [0.15, 0.2) is 6.07 Å². The van der Waals surface area contributed by atoms with Gasteiger partial charge >= 0.3 is 0 Å². The SMILES string of the molecule is CCn1nc(N)cc1C(=O)NC. The third-order valence-corrected chi connectivity index (χ3v) is 1.56. The van der Waals surface area contributed by atoms with Crippen LogP contribution in [0, 0.1) is 0 Å². The molecule has 5 nitrogen and oxygen atoms in total. The van der Waals surface area contributed by atoms with E-state index in [0.717, 1.165) is 0 Å². The summed E-state index contributed by atoms with van der Waals surface area (Å²) in [6.45, 7) is 2.54. The third kappa shape index (κ3) is 1.39. The Hall–Kier alpha value is -1.52. The average molecular weight is 168 g/mol. The molecule has 0 bridgehead atoms. The molecule has 0 saturated carbocycles. The molecule has 12 heavy (non-hydrogen) atoms. The van der Waals surface area contributed by atoms with Crippen LogP contribution in [0.1, 0.15) is 17.4 Å². The summed E-state index contributed by atoms with van der Waals surface area (Å²) in [6, 6.07) is 1.56. The van der Waals surface area contributed by atoms with Gasteiger partial charge in [-0.15, -0.1) is 0 Å². The van der Waals surface area contributed by atoms with E-state index in [1.54, 1.807) is 17.8 Å². The van der Waals surface area contributed by atoms with E-state index in [1.807, 2.05) is 6.92 Å². The van der Waals surface area contributed by atoms with Crippen molar-refractivity contribution >= 4 is 11.7 Å². The molecule has 0 spiro atoms. The highest BCUT2D eigenvalue weighted by atomic mass is 16.1. The van der Waals surface area contributed by atoms with E-state index in [2.05, 4.69) is 10.4 Å². The van der Waals surface area contributed by atoms with Gasteiger partial charge in [-0.25, -0.2) is 0 Å². The van der Waals surface area contributed by atoms with Crippen molar-refractivity contribution in [2.24, 2.45) is 0 Å². The molecule has 0 aromatic carbocycles. The number of aromatic nitrogens is 2. The topological polar surface area (TPSA) is 72.9 Å². The number of hydrogen-bond donors (Lipinski definition) is 2. The number of rotatable bonds is 2. The summed E-state index contributed by atoms with van der Waals surface area (Å²) in [5.41, 5.74) is 5.93. The van der Waals surface area contributed by atoms with Gasteiger partial charge in [0.1, 0.15) is 11.5 Å². The Morgan fingerprint density at radius 1 is 1.83 bits per heavy atom. The maximum atomic E-state index is 11.2. The highest BCUT2D eigenvalue weighted by Gasteiger charge is 2.10. The molecule has 66 valence electrons. The van der Waals surface area contributed by atoms with Gasteiger partial charge in [0.15, 0.2) is 0 Å². The van der Waals surface area contributed by atoms with Crippen molar-refractivity contribution in [2.45, 2.75) is 13.5 Å². The number of carbonyl (C=O) groups excluding carboxylic acids is 1. The van der Waals surface area contributed by atoms with Crippen LogP contribution in [0.2, 0.25) is 0 Å². The van der Waals surface area contributed by atoms with Gasteiger partial charge < -0.3 is 11.1 Å². The number of amides is 1. The quantitative estimate of drug-likeness (QED) is 0.644. The number of nitrogens with zero attached hydrogens (tertiary/aromatic N) is 2. The molecule has 1 rings (SSSR count). The fraction of sp³-hybridized carbons (Fsp3) is 0.429. The van der Waals surface area contributed by atoms with Gasteiger partial charge in [0, 0.05) is 19.7 Å². The van der Waals surface area contributed by atoms with E-state index < -0.39 is 0 Å². The first-order chi connectivity index (χ1) is 5.69. The minimum Gasteiger partial charge on any atom is -0.382 e. The standard InChI is InChI=1S/C7H12N4O/c1-3-11-5(7(12)9-2)4-6(8)10-11/h4H,3H2,1-2H3,(H2,8,10)(H,9,12). The highest BCUT2D eigenvalue weighted by molar-refractivity contribution is 5.93. The predicted molar refractivity (Wildman–Crippen MR) is 45.7 cm³/mol. The summed E-state index contributed by atoms with van der Waals surface area (Å²) in [5, 5.41) is 6.45. The van der Waals surface area contributed by atoms with Gasteiger partial charge in [0.25, 0.3) is 5.91 Å². The Morgan fingerprint density at radius 3 is 3.00 bits per heavy atom. The second-order valence-electron chi connectivity index (χ2n) is 2.35. The lowest BCUT2D eigenvalue weighted by Crippen LogP contribution is -2.21. The Bertz CT molecular complexity index is 292. The van der Waals surface area contributed by atoms with Gasteiger partial charge in [-0.1, -0.05) is 0 Å². The predicted octanol–water partition coefficient (Wildman–Crippen LogP) is -0.155. The average Bonchev–Trinajstić information content (AvgIpc) is 2.45. The second kappa shape index (κ2) is 3.25. The molecule has 0 aliphatic rings. The van der Waals surface area contributed by atoms with Crippen LogP contribution in [-0.4, -0.2) is 22.7 Å². The monoisotopic (exact) mass is 168 g/mol. The largest absolute Gasteiger partial charge is 0.382 e. The fourth-order valence-corrected chi connectivity index (χ4v) is 0.989. The smallest absolute Gasteiger partial charge is 0.269 e. The molecule has 0 radical (unpaired) electrons. The maximum absolute atomic E-state index is 11.2. The number of carbonyl (C=O) groups is 1. The lowest BCUT2D eigenvalue weighted by atomic mass is 10.4. The summed E-state index contributed by atoms with van der Waals surface area (Å²) < 4.78 is 1.56. The minimum atomic E-state index is -0.166. The molecular weight excluding hydrogens is 156 g/mol. The number of hydrogen-bond acceptors (Lipinski definition) is 3. The normalized spacial score (nSPS) is 9.83. The van der Waals surface area contributed by atoms with E-state index in [4.69, 9.17) is 5.73 Å². The molecule has 1 heterocycles. The molecule has 1 aromatic heterocycles. The summed E-state index contributed by atoms with van der Waals surface area (Å²) in [7, 11) is 1.57. The van der Waals surface area contributed by atoms with E-state index >= 15 is 0 Å². The van der Waals surface area contributed by atoms with E-state index in [0.29, 0.717) is 18.1 Å². The molecule has 0 aliphatic heterocycles. The van der Waals surface area contributed by atoms with Crippen LogP contribution >= 0.6 is 0 Å². The molecular formula is C7H12N4O. The zero-order valence-corrected chi connectivity index (χ0v) is 7.16. The highest BCUT2D eigenvalue weighted by Crippen LogP contribution is 2.05. The zero-order chi connectivity index (χ0) is 9.14. The summed E-state index contributed by atoms with van der Waals surface area (Å²) in [4.78, 5) is 11.2. The summed E-state index contributed by atoms with van der Waals surface area (Å²) in [5.74, 6) is 0.205. The van der Waals surface area contributed by atoms with Crippen molar-refractivity contribution in [1.29, 1.82) is 0 Å². The van der Waals surface area contributed by atoms with Crippen molar-refractivity contribution in [1.82, 2.24) is 15.1 Å². The third-order valence-electron chi connectivity index (χ3n) is 1.56. The number of anilines is 1. The van der Waals surface area contributed by atoms with Gasteiger partial charge in [0.05, 0.1) is 0 Å². The molecule has 5 heteroatoms. The lowest BCUT2D eigenvalue weighted by molar-refractivity contribution is 0.0952.